The molecule has 1 heterocycles. The van der Waals surface area contributed by atoms with Crippen molar-refractivity contribution in [2.24, 2.45) is 5.92 Å². The van der Waals surface area contributed by atoms with Crippen LogP contribution in [0.1, 0.15) is 37.0 Å². The lowest BCUT2D eigenvalue weighted by atomic mass is 10.0. The Morgan fingerprint density at radius 2 is 2.04 bits per heavy atom. The van der Waals surface area contributed by atoms with Crippen LogP contribution in [0.5, 0.6) is 5.75 Å². The molecule has 1 aromatic rings. The Balaban J connectivity index is 2.16. The van der Waals surface area contributed by atoms with E-state index in [0.29, 0.717) is 30.7 Å². The summed E-state index contributed by atoms with van der Waals surface area (Å²) in [6, 6.07) is 5.05. The summed E-state index contributed by atoms with van der Waals surface area (Å²) in [5.41, 5.74) is 0.383. The monoisotopic (exact) mass is 348 g/mol. The molecular weight excluding hydrogens is 324 g/mol. The number of carboxylic acid groups (broad SMARTS) is 1. The van der Waals surface area contributed by atoms with E-state index in [9.17, 15) is 19.5 Å². The molecule has 2 rings (SSSR count). The third kappa shape index (κ3) is 4.29. The number of ether oxygens (including phenoxy) is 1. The van der Waals surface area contributed by atoms with Crippen molar-refractivity contribution < 1.29 is 24.2 Å². The van der Waals surface area contributed by atoms with Crippen molar-refractivity contribution in [3.63, 3.8) is 0 Å². The Morgan fingerprint density at radius 3 is 2.64 bits per heavy atom. The maximum Gasteiger partial charge on any atom is 0.326 e. The molecule has 0 aromatic heterocycles. The van der Waals surface area contributed by atoms with Crippen molar-refractivity contribution in [2.75, 3.05) is 13.7 Å². The lowest BCUT2D eigenvalue weighted by Crippen LogP contribution is -2.53. The van der Waals surface area contributed by atoms with Crippen molar-refractivity contribution in [2.45, 2.75) is 38.8 Å². The van der Waals surface area contributed by atoms with Gasteiger partial charge in [-0.15, -0.1) is 0 Å². The Labute approximate surface area is 147 Å². The van der Waals surface area contributed by atoms with Crippen molar-refractivity contribution in [3.8, 4) is 5.75 Å². The molecule has 1 aliphatic heterocycles. The van der Waals surface area contributed by atoms with Gasteiger partial charge in [-0.2, -0.15) is 0 Å². The molecule has 0 spiro atoms. The van der Waals surface area contributed by atoms with E-state index in [1.54, 1.807) is 24.3 Å². The molecule has 2 amide bonds. The van der Waals surface area contributed by atoms with Gasteiger partial charge in [0.1, 0.15) is 17.8 Å². The Morgan fingerprint density at radius 1 is 1.32 bits per heavy atom. The van der Waals surface area contributed by atoms with Gasteiger partial charge >= 0.3 is 5.97 Å². The highest BCUT2D eigenvalue weighted by Crippen LogP contribution is 2.21. The number of methoxy groups -OCH3 is 1. The first kappa shape index (κ1) is 18.8. The van der Waals surface area contributed by atoms with Gasteiger partial charge in [-0.1, -0.05) is 19.9 Å². The van der Waals surface area contributed by atoms with E-state index in [-0.39, 0.29) is 11.8 Å². The molecule has 0 unspecified atom stereocenters. The second-order valence-electron chi connectivity index (χ2n) is 6.46. The lowest BCUT2D eigenvalue weighted by Gasteiger charge is -2.29. The zero-order valence-electron chi connectivity index (χ0n) is 14.7. The lowest BCUT2D eigenvalue weighted by molar-refractivity contribution is -0.149. The van der Waals surface area contributed by atoms with Gasteiger partial charge in [0.2, 0.25) is 5.91 Å². The number of carbonyl (C=O) groups is 3. The number of hydrogen-bond acceptors (Lipinski definition) is 4. The van der Waals surface area contributed by atoms with E-state index >= 15 is 0 Å². The van der Waals surface area contributed by atoms with Gasteiger partial charge in [-0.05, 0) is 37.0 Å². The molecule has 0 bridgehead atoms. The zero-order valence-corrected chi connectivity index (χ0v) is 14.7. The van der Waals surface area contributed by atoms with Gasteiger partial charge in [-0.3, -0.25) is 9.59 Å². The second-order valence-corrected chi connectivity index (χ2v) is 6.46. The van der Waals surface area contributed by atoms with Crippen LogP contribution < -0.4 is 10.1 Å². The van der Waals surface area contributed by atoms with Crippen molar-refractivity contribution >= 4 is 17.8 Å². The Bertz CT molecular complexity index is 659. The molecule has 1 fully saturated rings. The number of likely N-dealkylation sites (tertiary alicyclic amines) is 1. The average molecular weight is 348 g/mol. The number of benzene rings is 1. The van der Waals surface area contributed by atoms with Crippen molar-refractivity contribution in [1.82, 2.24) is 10.2 Å². The van der Waals surface area contributed by atoms with E-state index in [2.05, 4.69) is 5.32 Å². The molecule has 0 aliphatic carbocycles. The summed E-state index contributed by atoms with van der Waals surface area (Å²) in [6.07, 6.45) is 1.09. The fourth-order valence-corrected chi connectivity index (χ4v) is 2.97. The summed E-state index contributed by atoms with van der Waals surface area (Å²) in [5.74, 6) is -1.37. The second kappa shape index (κ2) is 8.00. The third-order valence-corrected chi connectivity index (χ3v) is 4.37. The minimum absolute atomic E-state index is 0.169. The van der Waals surface area contributed by atoms with Gasteiger partial charge in [0, 0.05) is 12.1 Å². The topological polar surface area (TPSA) is 95.9 Å². The van der Waals surface area contributed by atoms with Crippen LogP contribution >= 0.6 is 0 Å². The van der Waals surface area contributed by atoms with E-state index < -0.39 is 24.0 Å². The standard InChI is InChI=1S/C18H24N2O5/c1-11(2)15(17(22)20-9-5-8-14(20)18(23)24)19-16(21)12-6-4-7-13(10-12)25-3/h4,6-7,10-11,14-15H,5,8-9H2,1-3H3,(H,19,21)(H,23,24)/t14-,15-/m0/s1. The summed E-state index contributed by atoms with van der Waals surface area (Å²) < 4.78 is 5.11. The molecule has 7 nitrogen and oxygen atoms in total. The predicted molar refractivity (Wildman–Crippen MR) is 91.5 cm³/mol. The molecule has 2 atom stereocenters. The highest BCUT2D eigenvalue weighted by atomic mass is 16.5. The molecule has 0 saturated carbocycles. The quantitative estimate of drug-likeness (QED) is 0.813. The number of aliphatic carboxylic acids is 1. The number of amides is 2. The largest absolute Gasteiger partial charge is 0.497 e. The fourth-order valence-electron chi connectivity index (χ4n) is 2.97. The maximum atomic E-state index is 12.8. The molecule has 0 radical (unpaired) electrons. The van der Waals surface area contributed by atoms with Gasteiger partial charge < -0.3 is 20.1 Å². The minimum Gasteiger partial charge on any atom is -0.497 e. The van der Waals surface area contributed by atoms with Crippen LogP contribution in [0.2, 0.25) is 0 Å². The molecule has 1 aromatic carbocycles. The smallest absolute Gasteiger partial charge is 0.326 e. The normalized spacial score (nSPS) is 18.1. The molecule has 1 saturated heterocycles. The molecule has 7 heteroatoms. The van der Waals surface area contributed by atoms with E-state index in [1.165, 1.54) is 12.0 Å². The van der Waals surface area contributed by atoms with E-state index in [0.717, 1.165) is 0 Å². The summed E-state index contributed by atoms with van der Waals surface area (Å²) in [6.45, 7) is 4.04. The van der Waals surface area contributed by atoms with Gasteiger partial charge in [-0.25, -0.2) is 4.79 Å². The van der Waals surface area contributed by atoms with Gasteiger partial charge in [0.25, 0.3) is 5.91 Å². The number of nitrogens with one attached hydrogen (secondary N) is 1. The Hall–Kier alpha value is -2.57. The van der Waals surface area contributed by atoms with Crippen LogP contribution in [0, 0.1) is 5.92 Å². The van der Waals surface area contributed by atoms with Crippen LogP contribution in [0.25, 0.3) is 0 Å². The zero-order chi connectivity index (χ0) is 18.6. The molecule has 25 heavy (non-hydrogen) atoms. The minimum atomic E-state index is -1.01. The average Bonchev–Trinajstić information content (AvgIpc) is 3.08. The number of nitrogens with zero attached hydrogens (tertiary/aromatic N) is 1. The van der Waals surface area contributed by atoms with Gasteiger partial charge in [0.05, 0.1) is 7.11 Å². The van der Waals surface area contributed by atoms with Crippen LogP contribution in [0.3, 0.4) is 0 Å². The van der Waals surface area contributed by atoms with Crippen LogP contribution in [0.4, 0.5) is 0 Å². The summed E-state index contributed by atoms with van der Waals surface area (Å²) in [5, 5.41) is 12.0. The molecule has 1 aliphatic rings. The fraction of sp³-hybridized carbons (Fsp3) is 0.500. The Kier molecular flexibility index (Phi) is 6.01. The summed E-state index contributed by atoms with van der Waals surface area (Å²) in [4.78, 5) is 38.0. The predicted octanol–water partition coefficient (Wildman–Crippen LogP) is 1.53. The SMILES string of the molecule is COc1cccc(C(=O)N[C@H](C(=O)N2CCC[C@H]2C(=O)O)C(C)C)c1. The van der Waals surface area contributed by atoms with Crippen molar-refractivity contribution in [3.05, 3.63) is 29.8 Å². The number of carboxylic acids is 1. The van der Waals surface area contributed by atoms with Crippen LogP contribution in [-0.2, 0) is 9.59 Å². The highest BCUT2D eigenvalue weighted by Gasteiger charge is 2.38. The summed E-state index contributed by atoms with van der Waals surface area (Å²) in [7, 11) is 1.51. The first-order valence-electron chi connectivity index (χ1n) is 8.33. The number of hydrogen-bond donors (Lipinski definition) is 2. The number of carbonyl (C=O) groups excluding carboxylic acids is 2. The first-order chi connectivity index (χ1) is 11.8. The number of rotatable bonds is 6. The highest BCUT2D eigenvalue weighted by molar-refractivity contribution is 5.98. The first-order valence-corrected chi connectivity index (χ1v) is 8.33. The van der Waals surface area contributed by atoms with E-state index in [4.69, 9.17) is 4.74 Å². The van der Waals surface area contributed by atoms with E-state index in [1.807, 2.05) is 13.8 Å². The van der Waals surface area contributed by atoms with Crippen LogP contribution in [-0.4, -0.2) is 53.5 Å². The van der Waals surface area contributed by atoms with Crippen molar-refractivity contribution in [1.29, 1.82) is 0 Å². The third-order valence-electron chi connectivity index (χ3n) is 4.37. The summed E-state index contributed by atoms with van der Waals surface area (Å²) >= 11 is 0. The molecule has 136 valence electrons. The van der Waals surface area contributed by atoms with Gasteiger partial charge in [0.15, 0.2) is 0 Å². The molecule has 2 N–H and O–H groups in total. The maximum absolute atomic E-state index is 12.8. The molecular formula is C18H24N2O5. The van der Waals surface area contributed by atoms with Crippen LogP contribution in [0.15, 0.2) is 24.3 Å².